The number of nitrogens with zero attached hydrogens (tertiary/aromatic N) is 3. The van der Waals surface area contributed by atoms with E-state index in [1.165, 1.54) is 30.4 Å². The minimum atomic E-state index is -3.75. The maximum absolute atomic E-state index is 12.4. The highest BCUT2D eigenvalue weighted by Gasteiger charge is 2.23. The first-order valence-electron chi connectivity index (χ1n) is 9.76. The summed E-state index contributed by atoms with van der Waals surface area (Å²) in [5, 5.41) is 12.6. The Bertz CT molecular complexity index is 1090. The highest BCUT2D eigenvalue weighted by atomic mass is 32.2. The molecule has 0 saturated carbocycles. The Morgan fingerprint density at radius 2 is 1.72 bits per heavy atom. The van der Waals surface area contributed by atoms with Crippen molar-refractivity contribution in [1.29, 1.82) is 0 Å². The van der Waals surface area contributed by atoms with Crippen molar-refractivity contribution in [1.82, 2.24) is 20.1 Å². The minimum Gasteiger partial charge on any atom is -0.352 e. The number of primary sulfonamides is 1. The summed E-state index contributed by atoms with van der Waals surface area (Å²) in [6.45, 7) is 3.62. The zero-order valence-corrected chi connectivity index (χ0v) is 19.0. The van der Waals surface area contributed by atoms with Crippen molar-refractivity contribution >= 4 is 44.3 Å². The lowest BCUT2D eigenvalue weighted by atomic mass is 10.2. The lowest BCUT2D eigenvalue weighted by Gasteiger charge is -2.33. The van der Waals surface area contributed by atoms with Crippen LogP contribution in [0.3, 0.4) is 0 Å². The number of nitrogens with one attached hydrogen (secondary N) is 2. The molecule has 0 unspecified atom stereocenters. The third-order valence-electron chi connectivity index (χ3n) is 4.86. The van der Waals surface area contributed by atoms with Gasteiger partial charge in [0.2, 0.25) is 21.8 Å². The molecule has 0 atom stereocenters. The standard InChI is InChI=1S/C19H24N6O5S2/c1-13(26)24-6-8-25(9-7-24)19(28)23-18-22-15(12-31-18)10-17(27)21-11-14-2-4-16(5-3-14)32(20,29)30/h2-5,12H,6-11H2,1H3,(H,21,27)(H2,20,29,30)(H,22,23,28). The second kappa shape index (κ2) is 10.1. The molecule has 4 N–H and O–H groups in total. The summed E-state index contributed by atoms with van der Waals surface area (Å²) in [6, 6.07) is 5.62. The van der Waals surface area contributed by atoms with Gasteiger partial charge in [-0.3, -0.25) is 14.9 Å². The number of amides is 4. The number of rotatable bonds is 6. The number of carbonyl (C=O) groups is 3. The van der Waals surface area contributed by atoms with Gasteiger partial charge in [0.05, 0.1) is 17.0 Å². The van der Waals surface area contributed by atoms with Crippen molar-refractivity contribution in [2.45, 2.75) is 24.8 Å². The minimum absolute atomic E-state index is 0.00496. The van der Waals surface area contributed by atoms with E-state index in [0.717, 1.165) is 5.56 Å². The van der Waals surface area contributed by atoms with Crippen LogP contribution in [0.5, 0.6) is 0 Å². The van der Waals surface area contributed by atoms with E-state index in [2.05, 4.69) is 15.6 Å². The summed E-state index contributed by atoms with van der Waals surface area (Å²) in [7, 11) is -3.75. The highest BCUT2D eigenvalue weighted by Crippen LogP contribution is 2.17. The Balaban J connectivity index is 1.45. The van der Waals surface area contributed by atoms with Crippen molar-refractivity contribution in [3.8, 4) is 0 Å². The fourth-order valence-corrected chi connectivity index (χ4v) is 4.28. The number of benzene rings is 1. The van der Waals surface area contributed by atoms with Gasteiger partial charge in [0, 0.05) is 45.0 Å². The van der Waals surface area contributed by atoms with Gasteiger partial charge in [-0.15, -0.1) is 11.3 Å². The molecule has 0 radical (unpaired) electrons. The number of urea groups is 1. The van der Waals surface area contributed by atoms with Gasteiger partial charge in [-0.1, -0.05) is 12.1 Å². The normalized spacial score (nSPS) is 14.2. The Hall–Kier alpha value is -3.03. The molecule has 0 spiro atoms. The van der Waals surface area contributed by atoms with Gasteiger partial charge >= 0.3 is 6.03 Å². The van der Waals surface area contributed by atoms with Crippen LogP contribution in [0.2, 0.25) is 0 Å². The van der Waals surface area contributed by atoms with Gasteiger partial charge in [-0.25, -0.2) is 23.3 Å². The van der Waals surface area contributed by atoms with Gasteiger partial charge in [-0.2, -0.15) is 0 Å². The van der Waals surface area contributed by atoms with E-state index >= 15 is 0 Å². The molecule has 1 saturated heterocycles. The Kier molecular flexibility index (Phi) is 7.43. The number of hydrogen-bond donors (Lipinski definition) is 3. The SMILES string of the molecule is CC(=O)N1CCN(C(=O)Nc2nc(CC(=O)NCc3ccc(S(N)(=O)=O)cc3)cs2)CC1. The van der Waals surface area contributed by atoms with Gasteiger partial charge in [-0.05, 0) is 17.7 Å². The number of nitrogens with two attached hydrogens (primary N) is 1. The third kappa shape index (κ3) is 6.48. The fraction of sp³-hybridized carbons (Fsp3) is 0.368. The van der Waals surface area contributed by atoms with Crippen LogP contribution in [0.25, 0.3) is 0 Å². The van der Waals surface area contributed by atoms with Crippen LogP contribution in [0.4, 0.5) is 9.93 Å². The number of hydrogen-bond acceptors (Lipinski definition) is 7. The van der Waals surface area contributed by atoms with Gasteiger partial charge in [0.25, 0.3) is 0 Å². The molecule has 2 heterocycles. The predicted octanol–water partition coefficient (Wildman–Crippen LogP) is 0.345. The fourth-order valence-electron chi connectivity index (χ4n) is 3.07. The predicted molar refractivity (Wildman–Crippen MR) is 118 cm³/mol. The van der Waals surface area contributed by atoms with Crippen LogP contribution in [-0.2, 0) is 32.6 Å². The van der Waals surface area contributed by atoms with E-state index in [0.29, 0.717) is 37.0 Å². The molecular weight excluding hydrogens is 456 g/mol. The smallest absolute Gasteiger partial charge is 0.323 e. The molecule has 32 heavy (non-hydrogen) atoms. The van der Waals surface area contributed by atoms with Crippen LogP contribution >= 0.6 is 11.3 Å². The average molecular weight is 481 g/mol. The molecule has 11 nitrogen and oxygen atoms in total. The quantitative estimate of drug-likeness (QED) is 0.542. The molecule has 1 fully saturated rings. The average Bonchev–Trinajstić information content (AvgIpc) is 3.18. The van der Waals surface area contributed by atoms with Crippen molar-refractivity contribution in [3.05, 3.63) is 40.9 Å². The molecular formula is C19H24N6O5S2. The van der Waals surface area contributed by atoms with Crippen molar-refractivity contribution in [2.24, 2.45) is 5.14 Å². The Labute approximate surface area is 189 Å². The topological polar surface area (TPSA) is 155 Å². The molecule has 3 rings (SSSR count). The lowest BCUT2D eigenvalue weighted by molar-refractivity contribution is -0.130. The van der Waals surface area contributed by atoms with Crippen molar-refractivity contribution in [3.63, 3.8) is 0 Å². The number of anilines is 1. The summed E-state index contributed by atoms with van der Waals surface area (Å²) in [6.07, 6.45) is 0.0406. The van der Waals surface area contributed by atoms with E-state index in [4.69, 9.17) is 5.14 Å². The molecule has 2 aromatic rings. The number of thiazole rings is 1. The largest absolute Gasteiger partial charge is 0.352 e. The zero-order chi connectivity index (χ0) is 23.3. The zero-order valence-electron chi connectivity index (χ0n) is 17.4. The first-order valence-corrected chi connectivity index (χ1v) is 12.2. The van der Waals surface area contributed by atoms with Crippen molar-refractivity contribution < 1.29 is 22.8 Å². The molecule has 0 aliphatic carbocycles. The summed E-state index contributed by atoms with van der Waals surface area (Å²) in [5.41, 5.74) is 1.25. The van der Waals surface area contributed by atoms with E-state index in [1.54, 1.807) is 27.3 Å². The molecule has 1 aliphatic rings. The number of piperazine rings is 1. The molecule has 1 aliphatic heterocycles. The van der Waals surface area contributed by atoms with E-state index in [1.807, 2.05) is 0 Å². The molecule has 13 heteroatoms. The maximum Gasteiger partial charge on any atom is 0.323 e. The molecule has 172 valence electrons. The van der Waals surface area contributed by atoms with Gasteiger partial charge < -0.3 is 15.1 Å². The first-order chi connectivity index (χ1) is 15.1. The molecule has 1 aromatic heterocycles. The van der Waals surface area contributed by atoms with Gasteiger partial charge in [0.1, 0.15) is 0 Å². The van der Waals surface area contributed by atoms with Crippen LogP contribution in [0, 0.1) is 0 Å². The van der Waals surface area contributed by atoms with Crippen LogP contribution in [-0.4, -0.2) is 67.2 Å². The molecule has 4 amide bonds. The van der Waals surface area contributed by atoms with Crippen LogP contribution in [0.15, 0.2) is 34.5 Å². The Morgan fingerprint density at radius 3 is 2.31 bits per heavy atom. The first kappa shape index (κ1) is 23.6. The van der Waals surface area contributed by atoms with E-state index in [9.17, 15) is 22.8 Å². The molecule has 1 aromatic carbocycles. The van der Waals surface area contributed by atoms with Crippen LogP contribution < -0.4 is 15.8 Å². The van der Waals surface area contributed by atoms with Crippen molar-refractivity contribution in [2.75, 3.05) is 31.5 Å². The van der Waals surface area contributed by atoms with Gasteiger partial charge in [0.15, 0.2) is 5.13 Å². The second-order valence-electron chi connectivity index (χ2n) is 7.21. The summed E-state index contributed by atoms with van der Waals surface area (Å²) in [4.78, 5) is 43.5. The third-order valence-corrected chi connectivity index (χ3v) is 6.60. The molecule has 0 bridgehead atoms. The monoisotopic (exact) mass is 480 g/mol. The van der Waals surface area contributed by atoms with Crippen LogP contribution in [0.1, 0.15) is 18.2 Å². The summed E-state index contributed by atoms with van der Waals surface area (Å²) in [5.74, 6) is -0.266. The maximum atomic E-state index is 12.4. The summed E-state index contributed by atoms with van der Waals surface area (Å²) < 4.78 is 22.5. The lowest BCUT2D eigenvalue weighted by Crippen LogP contribution is -2.51. The second-order valence-corrected chi connectivity index (χ2v) is 9.63. The number of sulfonamides is 1. The highest BCUT2D eigenvalue weighted by molar-refractivity contribution is 7.89. The number of carbonyl (C=O) groups excluding carboxylic acids is 3. The summed E-state index contributed by atoms with van der Waals surface area (Å²) >= 11 is 1.22. The Morgan fingerprint density at radius 1 is 1.09 bits per heavy atom. The van der Waals surface area contributed by atoms with E-state index < -0.39 is 10.0 Å². The van der Waals surface area contributed by atoms with E-state index in [-0.39, 0.29) is 35.7 Å². The number of aromatic nitrogens is 1.